The van der Waals surface area contributed by atoms with Gasteiger partial charge < -0.3 is 9.84 Å². The number of halogens is 1. The Labute approximate surface area is 93.9 Å². The lowest BCUT2D eigenvalue weighted by atomic mass is 9.92. The van der Waals surface area contributed by atoms with E-state index in [1.807, 2.05) is 0 Å². The van der Waals surface area contributed by atoms with E-state index in [1.54, 1.807) is 13.8 Å². The van der Waals surface area contributed by atoms with Gasteiger partial charge in [0.2, 0.25) is 0 Å². The van der Waals surface area contributed by atoms with Gasteiger partial charge >= 0.3 is 5.97 Å². The Morgan fingerprint density at radius 3 is 2.69 bits per heavy atom. The molecule has 0 fully saturated rings. The molecule has 16 heavy (non-hydrogen) atoms. The van der Waals surface area contributed by atoms with Crippen LogP contribution in [0.4, 0.5) is 4.39 Å². The van der Waals surface area contributed by atoms with E-state index in [2.05, 4.69) is 0 Å². The Morgan fingerprint density at radius 2 is 2.19 bits per heavy atom. The molecule has 0 heterocycles. The molecule has 0 aromatic heterocycles. The van der Waals surface area contributed by atoms with Gasteiger partial charge in [-0.25, -0.2) is 4.39 Å². The van der Waals surface area contributed by atoms with Crippen molar-refractivity contribution in [1.82, 2.24) is 0 Å². The van der Waals surface area contributed by atoms with Gasteiger partial charge in [-0.15, -0.1) is 0 Å². The van der Waals surface area contributed by atoms with Crippen LogP contribution in [0.5, 0.6) is 5.75 Å². The summed E-state index contributed by atoms with van der Waals surface area (Å²) >= 11 is 0. The van der Waals surface area contributed by atoms with Gasteiger partial charge in [-0.3, -0.25) is 4.79 Å². The highest BCUT2D eigenvalue weighted by molar-refractivity contribution is 5.68. The van der Waals surface area contributed by atoms with Crippen molar-refractivity contribution < 1.29 is 19.0 Å². The molecule has 0 aliphatic heterocycles. The van der Waals surface area contributed by atoms with Crippen molar-refractivity contribution in [1.29, 1.82) is 0 Å². The van der Waals surface area contributed by atoms with E-state index in [0.29, 0.717) is 16.9 Å². The SMILES string of the molecule is COc1ccc(F)c(C)c1C(C)CC(=O)O. The quantitative estimate of drug-likeness (QED) is 0.858. The Balaban J connectivity index is 3.18. The third kappa shape index (κ3) is 2.51. The van der Waals surface area contributed by atoms with E-state index in [-0.39, 0.29) is 18.2 Å². The summed E-state index contributed by atoms with van der Waals surface area (Å²) in [6, 6.07) is 2.85. The monoisotopic (exact) mass is 226 g/mol. The van der Waals surface area contributed by atoms with Crippen LogP contribution in [0.2, 0.25) is 0 Å². The minimum absolute atomic E-state index is 0.0410. The molecule has 1 aromatic carbocycles. The first-order chi connectivity index (χ1) is 7.47. The average Bonchev–Trinajstić information content (AvgIpc) is 2.20. The van der Waals surface area contributed by atoms with Gasteiger partial charge in [-0.2, -0.15) is 0 Å². The predicted octanol–water partition coefficient (Wildman–Crippen LogP) is 2.72. The van der Waals surface area contributed by atoms with E-state index in [9.17, 15) is 9.18 Å². The molecule has 0 aliphatic rings. The molecule has 1 atom stereocenters. The second kappa shape index (κ2) is 4.96. The molecule has 0 amide bonds. The van der Waals surface area contributed by atoms with Crippen LogP contribution in [0, 0.1) is 12.7 Å². The summed E-state index contributed by atoms with van der Waals surface area (Å²) in [4.78, 5) is 10.6. The van der Waals surface area contributed by atoms with E-state index in [4.69, 9.17) is 9.84 Å². The lowest BCUT2D eigenvalue weighted by Gasteiger charge is -2.17. The topological polar surface area (TPSA) is 46.5 Å². The van der Waals surface area contributed by atoms with Crippen molar-refractivity contribution >= 4 is 5.97 Å². The molecule has 0 bridgehead atoms. The van der Waals surface area contributed by atoms with Crippen LogP contribution in [0.15, 0.2) is 12.1 Å². The molecule has 0 saturated heterocycles. The number of aliphatic carboxylic acids is 1. The van der Waals surface area contributed by atoms with Crippen LogP contribution in [-0.4, -0.2) is 18.2 Å². The average molecular weight is 226 g/mol. The fourth-order valence-corrected chi connectivity index (χ4v) is 1.83. The van der Waals surface area contributed by atoms with Gasteiger partial charge in [0.1, 0.15) is 11.6 Å². The molecule has 0 spiro atoms. The van der Waals surface area contributed by atoms with Crippen molar-refractivity contribution in [3.63, 3.8) is 0 Å². The molecule has 1 aromatic rings. The van der Waals surface area contributed by atoms with E-state index >= 15 is 0 Å². The van der Waals surface area contributed by atoms with Crippen molar-refractivity contribution in [2.75, 3.05) is 7.11 Å². The smallest absolute Gasteiger partial charge is 0.303 e. The predicted molar refractivity (Wildman–Crippen MR) is 58.4 cm³/mol. The highest BCUT2D eigenvalue weighted by Gasteiger charge is 2.19. The number of ether oxygens (including phenoxy) is 1. The Morgan fingerprint density at radius 1 is 1.56 bits per heavy atom. The minimum Gasteiger partial charge on any atom is -0.496 e. The fourth-order valence-electron chi connectivity index (χ4n) is 1.83. The highest BCUT2D eigenvalue weighted by Crippen LogP contribution is 2.32. The molecule has 1 unspecified atom stereocenters. The molecule has 0 saturated carbocycles. The third-order valence-electron chi connectivity index (χ3n) is 2.60. The Kier molecular flexibility index (Phi) is 3.88. The van der Waals surface area contributed by atoms with Gasteiger partial charge in [-0.05, 0) is 30.5 Å². The van der Waals surface area contributed by atoms with Crippen molar-refractivity contribution in [2.45, 2.75) is 26.2 Å². The first kappa shape index (κ1) is 12.5. The zero-order chi connectivity index (χ0) is 12.3. The molecule has 0 aliphatic carbocycles. The standard InChI is InChI=1S/C12H15FO3/c1-7(6-11(14)15)12-8(2)9(13)4-5-10(12)16-3/h4-5,7H,6H2,1-3H3,(H,14,15). The molecule has 4 heteroatoms. The molecule has 88 valence electrons. The first-order valence-corrected chi connectivity index (χ1v) is 5.02. The zero-order valence-electron chi connectivity index (χ0n) is 9.58. The minimum atomic E-state index is -0.904. The van der Waals surface area contributed by atoms with Crippen molar-refractivity contribution in [2.24, 2.45) is 0 Å². The largest absolute Gasteiger partial charge is 0.496 e. The summed E-state index contributed by atoms with van der Waals surface area (Å²) < 4.78 is 18.5. The van der Waals surface area contributed by atoms with Crippen LogP contribution >= 0.6 is 0 Å². The maximum Gasteiger partial charge on any atom is 0.303 e. The second-order valence-electron chi connectivity index (χ2n) is 3.79. The van der Waals surface area contributed by atoms with Gasteiger partial charge in [0.05, 0.1) is 13.5 Å². The van der Waals surface area contributed by atoms with Crippen LogP contribution in [0.25, 0.3) is 0 Å². The van der Waals surface area contributed by atoms with Crippen LogP contribution in [0.1, 0.15) is 30.4 Å². The van der Waals surface area contributed by atoms with Gasteiger partial charge in [-0.1, -0.05) is 6.92 Å². The highest BCUT2D eigenvalue weighted by atomic mass is 19.1. The Bertz CT molecular complexity index is 401. The van der Waals surface area contributed by atoms with Crippen LogP contribution in [0.3, 0.4) is 0 Å². The van der Waals surface area contributed by atoms with Gasteiger partial charge in [0, 0.05) is 5.56 Å². The van der Waals surface area contributed by atoms with Gasteiger partial charge in [0.15, 0.2) is 0 Å². The van der Waals surface area contributed by atoms with E-state index < -0.39 is 5.97 Å². The number of benzene rings is 1. The summed E-state index contributed by atoms with van der Waals surface area (Å²) in [5.41, 5.74) is 1.08. The first-order valence-electron chi connectivity index (χ1n) is 5.02. The summed E-state index contributed by atoms with van der Waals surface area (Å²) in [5.74, 6) is -0.984. The maximum atomic E-state index is 13.4. The lowest BCUT2D eigenvalue weighted by molar-refractivity contribution is -0.137. The molecule has 1 N–H and O–H groups in total. The molecule has 0 radical (unpaired) electrons. The van der Waals surface area contributed by atoms with E-state index in [0.717, 1.165) is 0 Å². The number of rotatable bonds is 4. The number of carboxylic acid groups (broad SMARTS) is 1. The number of carbonyl (C=O) groups is 1. The van der Waals surface area contributed by atoms with Crippen LogP contribution in [-0.2, 0) is 4.79 Å². The molecular formula is C12H15FO3. The Hall–Kier alpha value is -1.58. The van der Waals surface area contributed by atoms with Crippen molar-refractivity contribution in [3.8, 4) is 5.75 Å². The van der Waals surface area contributed by atoms with Gasteiger partial charge in [0.25, 0.3) is 0 Å². The third-order valence-corrected chi connectivity index (χ3v) is 2.60. The fraction of sp³-hybridized carbons (Fsp3) is 0.417. The summed E-state index contributed by atoms with van der Waals surface area (Å²) in [6.07, 6.45) is -0.0410. The number of methoxy groups -OCH3 is 1. The zero-order valence-corrected chi connectivity index (χ0v) is 9.58. The molecule has 3 nitrogen and oxygen atoms in total. The van der Waals surface area contributed by atoms with Crippen LogP contribution < -0.4 is 4.74 Å². The number of hydrogen-bond acceptors (Lipinski definition) is 2. The number of hydrogen-bond donors (Lipinski definition) is 1. The summed E-state index contributed by atoms with van der Waals surface area (Å²) in [6.45, 7) is 3.38. The van der Waals surface area contributed by atoms with Crippen molar-refractivity contribution in [3.05, 3.63) is 29.1 Å². The maximum absolute atomic E-state index is 13.4. The molecular weight excluding hydrogens is 211 g/mol. The number of carboxylic acids is 1. The molecule has 1 rings (SSSR count). The normalized spacial score (nSPS) is 12.2. The summed E-state index contributed by atoms with van der Waals surface area (Å²) in [7, 11) is 1.49. The lowest BCUT2D eigenvalue weighted by Crippen LogP contribution is -2.07. The summed E-state index contributed by atoms with van der Waals surface area (Å²) in [5, 5.41) is 8.73. The second-order valence-corrected chi connectivity index (χ2v) is 3.79. The van der Waals surface area contributed by atoms with E-state index in [1.165, 1.54) is 19.2 Å².